The molecule has 0 radical (unpaired) electrons. The fourth-order valence-electron chi connectivity index (χ4n) is 3.99. The number of piperidine rings is 1. The lowest BCUT2D eigenvalue weighted by molar-refractivity contribution is 0.0998. The van der Waals surface area contributed by atoms with Crippen LogP contribution in [0.2, 0.25) is 0 Å². The topological polar surface area (TPSA) is 71.7 Å². The Balaban J connectivity index is 1.63. The fraction of sp³-hybridized carbons (Fsp3) is 0.364. The van der Waals surface area contributed by atoms with Crippen LogP contribution in [0, 0.1) is 6.92 Å². The molecule has 3 aromatic rings. The first kappa shape index (κ1) is 21.0. The molecule has 0 N–H and O–H groups in total. The van der Waals surface area contributed by atoms with E-state index >= 15 is 0 Å². The Kier molecular flexibility index (Phi) is 5.65. The van der Waals surface area contributed by atoms with Crippen molar-refractivity contribution < 1.29 is 13.2 Å². The Bertz CT molecular complexity index is 1270. The van der Waals surface area contributed by atoms with Gasteiger partial charge >= 0.3 is 0 Å². The molecule has 2 heterocycles. The van der Waals surface area contributed by atoms with Crippen LogP contribution in [0.25, 0.3) is 10.2 Å². The summed E-state index contributed by atoms with van der Waals surface area (Å²) < 4.78 is 30.5. The third-order valence-electron chi connectivity index (χ3n) is 5.67. The maximum Gasteiger partial charge on any atom is 0.279 e. The number of sulfonamides is 1. The Hall–Kier alpha value is -2.29. The van der Waals surface area contributed by atoms with Gasteiger partial charge in [-0.05, 0) is 62.6 Å². The minimum Gasteiger partial charge on any atom is -0.319 e. The number of amides is 1. The second-order valence-electron chi connectivity index (χ2n) is 7.77. The summed E-state index contributed by atoms with van der Waals surface area (Å²) >= 11 is 1.46. The lowest BCUT2D eigenvalue weighted by Crippen LogP contribution is -2.41. The van der Waals surface area contributed by atoms with Gasteiger partial charge in [0, 0.05) is 25.2 Å². The van der Waals surface area contributed by atoms with Crippen LogP contribution in [0.15, 0.2) is 52.4 Å². The zero-order valence-electron chi connectivity index (χ0n) is 17.3. The largest absolute Gasteiger partial charge is 0.319 e. The average molecular weight is 444 g/mol. The summed E-state index contributed by atoms with van der Waals surface area (Å²) in [5.41, 5.74) is 2.56. The fourth-order valence-corrected chi connectivity index (χ4v) is 6.78. The molecule has 1 unspecified atom stereocenters. The summed E-state index contributed by atoms with van der Waals surface area (Å²) in [5.74, 6) is -0.384. The summed E-state index contributed by atoms with van der Waals surface area (Å²) in [6.07, 6.45) is 2.81. The van der Waals surface area contributed by atoms with Crippen LogP contribution in [0.1, 0.15) is 42.1 Å². The molecule has 1 atom stereocenters. The molecular formula is C22H25N3O3S2. The number of carbonyl (C=O) groups excluding carboxylic acids is 1. The van der Waals surface area contributed by atoms with E-state index in [1.54, 1.807) is 16.4 Å². The van der Waals surface area contributed by atoms with Gasteiger partial charge in [-0.2, -0.15) is 9.30 Å². The van der Waals surface area contributed by atoms with Crippen molar-refractivity contribution in [3.05, 3.63) is 58.4 Å². The van der Waals surface area contributed by atoms with Crippen LogP contribution in [0.4, 0.5) is 0 Å². The van der Waals surface area contributed by atoms with E-state index in [9.17, 15) is 13.2 Å². The number of fused-ring (bicyclic) bond motifs is 1. The summed E-state index contributed by atoms with van der Waals surface area (Å²) in [6.45, 7) is 4.52. The quantitative estimate of drug-likeness (QED) is 0.617. The highest BCUT2D eigenvalue weighted by molar-refractivity contribution is 7.89. The van der Waals surface area contributed by atoms with Gasteiger partial charge in [0.25, 0.3) is 5.91 Å². The van der Waals surface area contributed by atoms with E-state index in [0.717, 1.165) is 35.0 Å². The third-order valence-corrected chi connectivity index (χ3v) is 8.80. The van der Waals surface area contributed by atoms with E-state index < -0.39 is 10.0 Å². The van der Waals surface area contributed by atoms with Crippen molar-refractivity contribution in [1.82, 2.24) is 8.87 Å². The molecule has 6 nitrogen and oxygen atoms in total. The Morgan fingerprint density at radius 3 is 2.53 bits per heavy atom. The number of nitrogens with zero attached hydrogens (tertiary/aromatic N) is 3. The number of hydrogen-bond acceptors (Lipinski definition) is 4. The monoisotopic (exact) mass is 443 g/mol. The smallest absolute Gasteiger partial charge is 0.279 e. The molecule has 1 fully saturated rings. The molecule has 0 aliphatic carbocycles. The number of hydrogen-bond donors (Lipinski definition) is 0. The minimum atomic E-state index is -3.55. The summed E-state index contributed by atoms with van der Waals surface area (Å²) in [7, 11) is -1.66. The highest BCUT2D eigenvalue weighted by Gasteiger charge is 2.30. The number of aryl methyl sites for hydroxylation is 2. The SMILES string of the molecule is Cc1cccc2sc(=NC(=O)c3ccc(S(=O)(=O)N4CCCCC4C)cc3)n(C)c12. The first-order valence-corrected chi connectivity index (χ1v) is 12.3. The number of aromatic nitrogens is 1. The standard InChI is InChI=1S/C22H25N3O3S2/c1-15-7-6-9-19-20(15)24(3)22(29-19)23-21(26)17-10-12-18(13-11-17)30(27,28)25-14-5-4-8-16(25)2/h6-7,9-13,16H,4-5,8,14H2,1-3H3. The molecule has 1 aliphatic rings. The molecule has 8 heteroatoms. The number of benzene rings is 2. The highest BCUT2D eigenvalue weighted by atomic mass is 32.2. The number of para-hydroxylation sites is 1. The van der Waals surface area contributed by atoms with Crippen molar-refractivity contribution in [3.8, 4) is 0 Å². The van der Waals surface area contributed by atoms with Crippen molar-refractivity contribution in [2.24, 2.45) is 12.0 Å². The van der Waals surface area contributed by atoms with E-state index in [1.807, 2.05) is 43.7 Å². The van der Waals surface area contributed by atoms with E-state index in [1.165, 1.54) is 23.5 Å². The maximum atomic E-state index is 13.0. The molecular weight excluding hydrogens is 418 g/mol. The Labute approximate surface area is 180 Å². The lowest BCUT2D eigenvalue weighted by Gasteiger charge is -2.32. The van der Waals surface area contributed by atoms with Crippen LogP contribution < -0.4 is 4.80 Å². The zero-order chi connectivity index (χ0) is 21.5. The number of rotatable bonds is 3. The van der Waals surface area contributed by atoms with Gasteiger partial charge in [0.15, 0.2) is 4.80 Å². The number of thiazole rings is 1. The zero-order valence-corrected chi connectivity index (χ0v) is 19.0. The molecule has 0 bridgehead atoms. The molecule has 1 aliphatic heterocycles. The van der Waals surface area contributed by atoms with Crippen LogP contribution in [-0.2, 0) is 17.1 Å². The Morgan fingerprint density at radius 2 is 1.87 bits per heavy atom. The van der Waals surface area contributed by atoms with Crippen molar-refractivity contribution in [1.29, 1.82) is 0 Å². The highest BCUT2D eigenvalue weighted by Crippen LogP contribution is 2.25. The molecule has 30 heavy (non-hydrogen) atoms. The second-order valence-corrected chi connectivity index (χ2v) is 10.7. The molecule has 0 spiro atoms. The van der Waals surface area contributed by atoms with Gasteiger partial charge in [0.1, 0.15) is 0 Å². The second kappa shape index (κ2) is 8.09. The summed E-state index contributed by atoms with van der Waals surface area (Å²) in [6, 6.07) is 12.1. The van der Waals surface area contributed by atoms with Crippen molar-refractivity contribution in [3.63, 3.8) is 0 Å². The van der Waals surface area contributed by atoms with E-state index in [2.05, 4.69) is 4.99 Å². The molecule has 1 saturated heterocycles. The van der Waals surface area contributed by atoms with E-state index in [0.29, 0.717) is 16.9 Å². The van der Waals surface area contributed by atoms with Gasteiger partial charge in [0.2, 0.25) is 10.0 Å². The van der Waals surface area contributed by atoms with E-state index in [-0.39, 0.29) is 16.8 Å². The van der Waals surface area contributed by atoms with E-state index in [4.69, 9.17) is 0 Å². The first-order chi connectivity index (χ1) is 14.3. The minimum absolute atomic E-state index is 0.00326. The summed E-state index contributed by atoms with van der Waals surface area (Å²) in [4.78, 5) is 17.8. The van der Waals surface area contributed by atoms with Crippen molar-refractivity contribution in [2.45, 2.75) is 44.0 Å². The molecule has 1 aromatic heterocycles. The van der Waals surface area contributed by atoms with Crippen LogP contribution in [0.3, 0.4) is 0 Å². The maximum absolute atomic E-state index is 13.0. The van der Waals surface area contributed by atoms with Gasteiger partial charge in [-0.3, -0.25) is 4.79 Å². The molecule has 0 saturated carbocycles. The normalized spacial score (nSPS) is 18.8. The van der Waals surface area contributed by atoms with Crippen LogP contribution in [0.5, 0.6) is 0 Å². The predicted octanol–water partition coefficient (Wildman–Crippen LogP) is 3.85. The van der Waals surface area contributed by atoms with Crippen LogP contribution >= 0.6 is 11.3 Å². The Morgan fingerprint density at radius 1 is 1.13 bits per heavy atom. The van der Waals surface area contributed by atoms with Gasteiger partial charge in [-0.1, -0.05) is 29.9 Å². The molecule has 1 amide bonds. The molecule has 4 rings (SSSR count). The van der Waals surface area contributed by atoms with Crippen LogP contribution in [-0.4, -0.2) is 35.8 Å². The average Bonchev–Trinajstić information content (AvgIpc) is 3.05. The molecule has 2 aromatic carbocycles. The van der Waals surface area contributed by atoms with Gasteiger partial charge in [0.05, 0.1) is 15.1 Å². The van der Waals surface area contributed by atoms with Gasteiger partial charge < -0.3 is 4.57 Å². The molecule has 158 valence electrons. The van der Waals surface area contributed by atoms with Crippen molar-refractivity contribution >= 4 is 37.5 Å². The van der Waals surface area contributed by atoms with Gasteiger partial charge in [-0.15, -0.1) is 0 Å². The summed E-state index contributed by atoms with van der Waals surface area (Å²) in [5, 5.41) is 0. The third kappa shape index (κ3) is 3.75. The predicted molar refractivity (Wildman–Crippen MR) is 119 cm³/mol. The van der Waals surface area contributed by atoms with Gasteiger partial charge in [-0.25, -0.2) is 8.42 Å². The van der Waals surface area contributed by atoms with Crippen molar-refractivity contribution in [2.75, 3.05) is 6.54 Å². The lowest BCUT2D eigenvalue weighted by atomic mass is 10.1. The number of carbonyl (C=O) groups is 1. The first-order valence-electron chi connectivity index (χ1n) is 10.0.